The molecule has 1 atom stereocenters. The maximum atomic E-state index is 12.3. The summed E-state index contributed by atoms with van der Waals surface area (Å²) in [5.74, 6) is -0.288. The first-order valence-corrected chi connectivity index (χ1v) is 9.55. The summed E-state index contributed by atoms with van der Waals surface area (Å²) in [7, 11) is 0. The number of carbonyl (C=O) groups excluding carboxylic acids is 1. The maximum Gasteiger partial charge on any atom is 0.270 e. The lowest BCUT2D eigenvalue weighted by molar-refractivity contribution is -0.115. The first-order valence-electron chi connectivity index (χ1n) is 7.85. The van der Waals surface area contributed by atoms with Gasteiger partial charge in [0.2, 0.25) is 11.0 Å². The van der Waals surface area contributed by atoms with Gasteiger partial charge in [-0.25, -0.2) is 4.98 Å². The highest BCUT2D eigenvalue weighted by Gasteiger charge is 2.20. The van der Waals surface area contributed by atoms with Gasteiger partial charge in [-0.05, 0) is 13.8 Å². The molecule has 0 aliphatic carbocycles. The molecule has 0 aliphatic rings. The van der Waals surface area contributed by atoms with Gasteiger partial charge in [0.05, 0.1) is 10.9 Å². The molecule has 1 aromatic carbocycles. The molecule has 27 heavy (non-hydrogen) atoms. The van der Waals surface area contributed by atoms with Crippen LogP contribution in [0.25, 0.3) is 11.3 Å². The van der Waals surface area contributed by atoms with Crippen LogP contribution in [0.4, 0.5) is 5.13 Å². The van der Waals surface area contributed by atoms with Crippen LogP contribution < -0.4 is 10.9 Å². The van der Waals surface area contributed by atoms with Crippen LogP contribution in [0.15, 0.2) is 40.3 Å². The van der Waals surface area contributed by atoms with Gasteiger partial charge >= 0.3 is 0 Å². The van der Waals surface area contributed by atoms with E-state index in [0.717, 1.165) is 16.8 Å². The van der Waals surface area contributed by atoms with E-state index in [9.17, 15) is 14.9 Å². The van der Waals surface area contributed by atoms with Crippen LogP contribution in [0.3, 0.4) is 0 Å². The Bertz CT molecular complexity index is 1070. The van der Waals surface area contributed by atoms with Crippen LogP contribution >= 0.6 is 23.1 Å². The van der Waals surface area contributed by atoms with Crippen molar-refractivity contribution >= 4 is 34.1 Å². The number of amides is 1. The second kappa shape index (κ2) is 8.11. The second-order valence-corrected chi connectivity index (χ2v) is 7.96. The smallest absolute Gasteiger partial charge is 0.270 e. The van der Waals surface area contributed by atoms with Gasteiger partial charge < -0.3 is 4.98 Å². The second-order valence-electron chi connectivity index (χ2n) is 5.45. The number of hydrogen-bond acceptors (Lipinski definition) is 8. The highest BCUT2D eigenvalue weighted by Crippen LogP contribution is 2.25. The molecule has 0 aliphatic heterocycles. The van der Waals surface area contributed by atoms with Gasteiger partial charge in [-0.2, -0.15) is 5.26 Å². The van der Waals surface area contributed by atoms with Gasteiger partial charge in [0.1, 0.15) is 16.6 Å². The van der Waals surface area contributed by atoms with E-state index in [0.29, 0.717) is 10.7 Å². The average molecular weight is 398 g/mol. The molecule has 3 aromatic rings. The molecular weight excluding hydrogens is 384 g/mol. The third-order valence-corrected chi connectivity index (χ3v) is 5.21. The lowest BCUT2D eigenvalue weighted by atomic mass is 10.1. The minimum absolute atomic E-state index is 0.0630. The molecule has 0 spiro atoms. The largest absolute Gasteiger partial charge is 0.300 e. The minimum Gasteiger partial charge on any atom is -0.300 e. The van der Waals surface area contributed by atoms with E-state index in [2.05, 4.69) is 25.5 Å². The quantitative estimate of drug-likeness (QED) is 0.500. The molecule has 2 N–H and O–H groups in total. The number of nitrogens with one attached hydrogen (secondary N) is 2. The summed E-state index contributed by atoms with van der Waals surface area (Å²) in [6.45, 7) is 3.48. The highest BCUT2D eigenvalue weighted by molar-refractivity contribution is 8.00. The summed E-state index contributed by atoms with van der Waals surface area (Å²) in [4.78, 5) is 31.5. The van der Waals surface area contributed by atoms with Crippen molar-refractivity contribution in [2.24, 2.45) is 0 Å². The number of aryl methyl sites for hydroxylation is 1. The van der Waals surface area contributed by atoms with E-state index >= 15 is 0 Å². The van der Waals surface area contributed by atoms with Crippen molar-refractivity contribution in [2.75, 3.05) is 5.32 Å². The molecule has 0 saturated heterocycles. The Hall–Kier alpha value is -3.03. The Morgan fingerprint density at radius 2 is 2.07 bits per heavy atom. The van der Waals surface area contributed by atoms with E-state index in [1.807, 2.05) is 12.1 Å². The van der Waals surface area contributed by atoms with Crippen LogP contribution in [0.2, 0.25) is 0 Å². The normalized spacial score (nSPS) is 11.6. The predicted octanol–water partition coefficient (Wildman–Crippen LogP) is 2.59. The third-order valence-electron chi connectivity index (χ3n) is 3.47. The maximum absolute atomic E-state index is 12.3. The van der Waals surface area contributed by atoms with Crippen LogP contribution in [0.1, 0.15) is 17.5 Å². The van der Waals surface area contributed by atoms with Gasteiger partial charge in [-0.15, -0.1) is 10.2 Å². The first kappa shape index (κ1) is 18.8. The zero-order chi connectivity index (χ0) is 19.4. The van der Waals surface area contributed by atoms with E-state index in [1.165, 1.54) is 11.3 Å². The van der Waals surface area contributed by atoms with Crippen LogP contribution in [-0.2, 0) is 4.79 Å². The summed E-state index contributed by atoms with van der Waals surface area (Å²) in [6.07, 6.45) is 0. The molecule has 2 heterocycles. The molecule has 3 rings (SSSR count). The summed E-state index contributed by atoms with van der Waals surface area (Å²) in [5, 5.41) is 20.5. The lowest BCUT2D eigenvalue weighted by Gasteiger charge is -2.11. The number of nitrogens with zero attached hydrogens (tertiary/aromatic N) is 4. The molecular formula is C17H14N6O2S2. The number of thioether (sulfide) groups is 1. The van der Waals surface area contributed by atoms with Gasteiger partial charge in [0.25, 0.3) is 5.56 Å². The molecule has 8 nitrogen and oxygen atoms in total. The number of carbonyl (C=O) groups is 1. The van der Waals surface area contributed by atoms with Crippen LogP contribution in [0, 0.1) is 18.3 Å². The fraction of sp³-hybridized carbons (Fsp3) is 0.176. The number of benzene rings is 1. The van der Waals surface area contributed by atoms with Crippen molar-refractivity contribution in [3.8, 4) is 17.3 Å². The zero-order valence-electron chi connectivity index (χ0n) is 14.4. The molecule has 2 aromatic heterocycles. The molecule has 0 bridgehead atoms. The number of aromatic nitrogens is 4. The summed E-state index contributed by atoms with van der Waals surface area (Å²) in [6, 6.07) is 10.9. The van der Waals surface area contributed by atoms with Gasteiger partial charge in [-0.1, -0.05) is 53.4 Å². The number of hydrogen-bond donors (Lipinski definition) is 2. The van der Waals surface area contributed by atoms with Crippen LogP contribution in [-0.4, -0.2) is 31.3 Å². The number of H-pyrrole nitrogens is 1. The molecule has 10 heteroatoms. The molecule has 0 unspecified atom stereocenters. The zero-order valence-corrected chi connectivity index (χ0v) is 16.0. The summed E-state index contributed by atoms with van der Waals surface area (Å²) >= 11 is 2.36. The number of anilines is 1. The predicted molar refractivity (Wildman–Crippen MR) is 104 cm³/mol. The van der Waals surface area contributed by atoms with E-state index in [4.69, 9.17) is 0 Å². The summed E-state index contributed by atoms with van der Waals surface area (Å²) in [5.41, 5.74) is 0.341. The number of rotatable bonds is 5. The SMILES string of the molecule is Cc1nnc(NC(=O)[C@H](C)Sc2nc(-c3ccccc3)c(C#N)c(=O)[nH]2)s1. The van der Waals surface area contributed by atoms with Gasteiger partial charge in [-0.3, -0.25) is 14.9 Å². The Kier molecular flexibility index (Phi) is 5.63. The minimum atomic E-state index is -0.547. The van der Waals surface area contributed by atoms with E-state index in [1.54, 1.807) is 38.1 Å². The van der Waals surface area contributed by atoms with E-state index in [-0.39, 0.29) is 22.3 Å². The Morgan fingerprint density at radius 1 is 1.33 bits per heavy atom. The molecule has 0 fully saturated rings. The summed E-state index contributed by atoms with van der Waals surface area (Å²) < 4.78 is 0. The molecule has 1 amide bonds. The average Bonchev–Trinajstić information content (AvgIpc) is 3.06. The van der Waals surface area contributed by atoms with Crippen molar-refractivity contribution in [1.82, 2.24) is 20.2 Å². The van der Waals surface area contributed by atoms with Crippen molar-refractivity contribution in [3.05, 3.63) is 51.3 Å². The van der Waals surface area contributed by atoms with Crippen molar-refractivity contribution in [3.63, 3.8) is 0 Å². The lowest BCUT2D eigenvalue weighted by Crippen LogP contribution is -2.23. The fourth-order valence-corrected chi connectivity index (χ4v) is 3.58. The van der Waals surface area contributed by atoms with Gasteiger partial charge in [0, 0.05) is 5.56 Å². The highest BCUT2D eigenvalue weighted by atomic mass is 32.2. The van der Waals surface area contributed by atoms with Crippen molar-refractivity contribution in [2.45, 2.75) is 24.3 Å². The Morgan fingerprint density at radius 3 is 2.70 bits per heavy atom. The molecule has 0 radical (unpaired) electrons. The molecule has 0 saturated carbocycles. The number of nitriles is 1. The van der Waals surface area contributed by atoms with Crippen LogP contribution in [0.5, 0.6) is 0 Å². The monoisotopic (exact) mass is 398 g/mol. The van der Waals surface area contributed by atoms with Crippen molar-refractivity contribution in [1.29, 1.82) is 5.26 Å². The fourth-order valence-electron chi connectivity index (χ4n) is 2.19. The first-order chi connectivity index (χ1) is 13.0. The third kappa shape index (κ3) is 4.39. The van der Waals surface area contributed by atoms with Gasteiger partial charge in [0.15, 0.2) is 5.16 Å². The number of aromatic amines is 1. The van der Waals surface area contributed by atoms with E-state index < -0.39 is 10.8 Å². The molecule has 136 valence electrons. The topological polar surface area (TPSA) is 124 Å². The Labute approximate surface area is 162 Å². The van der Waals surface area contributed by atoms with Crippen molar-refractivity contribution < 1.29 is 4.79 Å². The standard InChI is InChI=1S/C17H14N6O2S2/c1-9(14(24)20-17-23-22-10(2)27-17)26-16-19-13(11-6-4-3-5-7-11)12(8-18)15(25)21-16/h3-7,9H,1-2H3,(H,19,21,25)(H,20,23,24)/t9-/m0/s1. The Balaban J connectivity index is 1.84.